The molecule has 2 aromatic heterocycles. The number of nitrogens with zero attached hydrogens (tertiary/aromatic N) is 3. The number of aromatic nitrogens is 3. The lowest BCUT2D eigenvalue weighted by Gasteiger charge is -2.22. The van der Waals surface area contributed by atoms with Gasteiger partial charge in [-0.05, 0) is 38.8 Å². The lowest BCUT2D eigenvalue weighted by molar-refractivity contribution is 0.0449. The molecule has 6 heteroatoms. The van der Waals surface area contributed by atoms with Crippen LogP contribution in [0.3, 0.4) is 0 Å². The number of hydrogen-bond acceptors (Lipinski definition) is 3. The Hall–Kier alpha value is -2.08. The molecule has 0 bridgehead atoms. The summed E-state index contributed by atoms with van der Waals surface area (Å²) in [5.41, 5.74) is 1.87. The first-order chi connectivity index (χ1) is 10.9. The molecule has 1 aliphatic rings. The topological polar surface area (TPSA) is 72.1 Å². The van der Waals surface area contributed by atoms with E-state index in [1.807, 2.05) is 37.6 Å². The molecule has 6 nitrogen and oxygen atoms in total. The van der Waals surface area contributed by atoms with Gasteiger partial charge in [0.05, 0.1) is 11.8 Å². The predicted octanol–water partition coefficient (Wildman–Crippen LogP) is 1.86. The molecule has 0 aromatic carbocycles. The highest BCUT2D eigenvalue weighted by molar-refractivity contribution is 5.97. The van der Waals surface area contributed by atoms with Gasteiger partial charge in [0.1, 0.15) is 11.4 Å². The summed E-state index contributed by atoms with van der Waals surface area (Å²) in [5.74, 6) is 0.557. The molecule has 0 spiro atoms. The number of nitrogens with one attached hydrogen (secondary N) is 1. The van der Waals surface area contributed by atoms with Crippen LogP contribution in [0.25, 0.3) is 5.82 Å². The van der Waals surface area contributed by atoms with E-state index in [-0.39, 0.29) is 5.91 Å². The number of carbonyl (C=O) groups is 1. The van der Waals surface area contributed by atoms with E-state index in [4.69, 9.17) is 0 Å². The molecule has 1 saturated carbocycles. The van der Waals surface area contributed by atoms with Crippen LogP contribution in [0.5, 0.6) is 0 Å². The molecule has 1 amide bonds. The van der Waals surface area contributed by atoms with Gasteiger partial charge in [-0.25, -0.2) is 0 Å². The molecule has 0 unspecified atom stereocenters. The van der Waals surface area contributed by atoms with Gasteiger partial charge in [-0.1, -0.05) is 12.8 Å². The number of amides is 1. The molecular formula is C17H24N4O2. The van der Waals surface area contributed by atoms with Crippen LogP contribution in [0.4, 0.5) is 0 Å². The van der Waals surface area contributed by atoms with Crippen molar-refractivity contribution in [2.45, 2.75) is 45.1 Å². The number of carbonyl (C=O) groups excluding carboxylic acids is 1. The van der Waals surface area contributed by atoms with Gasteiger partial charge in [-0.15, -0.1) is 0 Å². The summed E-state index contributed by atoms with van der Waals surface area (Å²) < 4.78 is 3.73. The van der Waals surface area contributed by atoms with Crippen LogP contribution in [0.1, 0.15) is 47.4 Å². The van der Waals surface area contributed by atoms with Crippen LogP contribution in [-0.2, 0) is 7.05 Å². The largest absolute Gasteiger partial charge is 0.388 e. The molecule has 124 valence electrons. The fourth-order valence-electron chi connectivity index (χ4n) is 3.41. The first-order valence-electron chi connectivity index (χ1n) is 8.09. The van der Waals surface area contributed by atoms with Crippen LogP contribution in [-0.4, -0.2) is 37.5 Å². The summed E-state index contributed by atoms with van der Waals surface area (Å²) in [6.45, 7) is 4.30. The Balaban J connectivity index is 1.85. The van der Waals surface area contributed by atoms with Crippen molar-refractivity contribution in [3.63, 3.8) is 0 Å². The molecule has 3 rings (SSSR count). The van der Waals surface area contributed by atoms with Crippen LogP contribution >= 0.6 is 0 Å². The van der Waals surface area contributed by atoms with E-state index in [2.05, 4.69) is 10.4 Å². The molecule has 1 fully saturated rings. The fraction of sp³-hybridized carbons (Fsp3) is 0.529. The average molecular weight is 316 g/mol. The van der Waals surface area contributed by atoms with E-state index in [9.17, 15) is 9.90 Å². The Labute approximate surface area is 136 Å². The molecule has 0 saturated heterocycles. The van der Waals surface area contributed by atoms with Crippen molar-refractivity contribution < 1.29 is 9.90 Å². The minimum atomic E-state index is -0.753. The van der Waals surface area contributed by atoms with E-state index in [0.29, 0.717) is 12.1 Å². The summed E-state index contributed by atoms with van der Waals surface area (Å²) >= 11 is 0. The highest BCUT2D eigenvalue weighted by atomic mass is 16.3. The van der Waals surface area contributed by atoms with E-state index in [1.165, 1.54) is 0 Å². The van der Waals surface area contributed by atoms with Gasteiger partial charge < -0.3 is 15.0 Å². The van der Waals surface area contributed by atoms with Crippen molar-refractivity contribution in [2.24, 2.45) is 7.05 Å². The van der Waals surface area contributed by atoms with Gasteiger partial charge in [0.25, 0.3) is 5.91 Å². The Morgan fingerprint density at radius 1 is 1.30 bits per heavy atom. The zero-order valence-corrected chi connectivity index (χ0v) is 14.0. The molecule has 2 aromatic rings. The molecule has 23 heavy (non-hydrogen) atoms. The van der Waals surface area contributed by atoms with E-state index in [0.717, 1.165) is 42.9 Å². The zero-order valence-electron chi connectivity index (χ0n) is 14.0. The maximum absolute atomic E-state index is 12.6. The first kappa shape index (κ1) is 15.8. The third-order valence-electron chi connectivity index (χ3n) is 4.75. The summed E-state index contributed by atoms with van der Waals surface area (Å²) in [4.78, 5) is 12.6. The van der Waals surface area contributed by atoms with Crippen molar-refractivity contribution in [3.8, 4) is 5.82 Å². The lowest BCUT2D eigenvalue weighted by Crippen LogP contribution is -2.41. The number of aliphatic hydroxyl groups is 1. The second kappa shape index (κ2) is 5.85. The van der Waals surface area contributed by atoms with E-state index < -0.39 is 5.60 Å². The average Bonchev–Trinajstić information content (AvgIpc) is 3.18. The van der Waals surface area contributed by atoms with Gasteiger partial charge in [0, 0.05) is 25.0 Å². The third-order valence-corrected chi connectivity index (χ3v) is 4.75. The Bertz CT molecular complexity index is 704. The lowest BCUT2D eigenvalue weighted by atomic mass is 10.0. The van der Waals surface area contributed by atoms with E-state index in [1.54, 1.807) is 10.9 Å². The molecular weight excluding hydrogens is 292 g/mol. The van der Waals surface area contributed by atoms with Crippen molar-refractivity contribution in [3.05, 3.63) is 35.3 Å². The fourth-order valence-corrected chi connectivity index (χ4v) is 3.41. The van der Waals surface area contributed by atoms with Crippen molar-refractivity contribution in [2.75, 3.05) is 6.54 Å². The van der Waals surface area contributed by atoms with Gasteiger partial charge in [-0.3, -0.25) is 9.48 Å². The van der Waals surface area contributed by atoms with Crippen LogP contribution in [0, 0.1) is 13.8 Å². The van der Waals surface area contributed by atoms with Gasteiger partial charge >= 0.3 is 0 Å². The van der Waals surface area contributed by atoms with Crippen molar-refractivity contribution in [1.29, 1.82) is 0 Å². The highest BCUT2D eigenvalue weighted by Crippen LogP contribution is 2.28. The highest BCUT2D eigenvalue weighted by Gasteiger charge is 2.32. The number of aryl methyl sites for hydroxylation is 3. The van der Waals surface area contributed by atoms with Crippen molar-refractivity contribution >= 4 is 5.91 Å². The van der Waals surface area contributed by atoms with Crippen LogP contribution in [0.2, 0.25) is 0 Å². The molecule has 1 aliphatic carbocycles. The maximum atomic E-state index is 12.6. The molecule has 2 heterocycles. The van der Waals surface area contributed by atoms with Gasteiger partial charge in [0.2, 0.25) is 0 Å². The summed E-state index contributed by atoms with van der Waals surface area (Å²) in [7, 11) is 1.83. The Kier molecular flexibility index (Phi) is 4.02. The monoisotopic (exact) mass is 316 g/mol. The van der Waals surface area contributed by atoms with Crippen LogP contribution in [0.15, 0.2) is 18.3 Å². The standard InChI is InChI=1S/C17H24N4O2/c1-12-6-7-13(2)21(12)16-14(10-19-20(16)3)15(22)18-11-17(23)8-4-5-9-17/h6-7,10,23H,4-5,8-9,11H2,1-3H3,(H,18,22). The number of rotatable bonds is 4. The Morgan fingerprint density at radius 2 is 1.91 bits per heavy atom. The zero-order chi connectivity index (χ0) is 16.6. The van der Waals surface area contributed by atoms with E-state index >= 15 is 0 Å². The normalized spacial score (nSPS) is 16.7. The molecule has 0 atom stereocenters. The molecule has 0 aliphatic heterocycles. The maximum Gasteiger partial charge on any atom is 0.256 e. The quantitative estimate of drug-likeness (QED) is 0.904. The smallest absolute Gasteiger partial charge is 0.256 e. The Morgan fingerprint density at radius 3 is 2.52 bits per heavy atom. The summed E-state index contributed by atoms with van der Waals surface area (Å²) in [6, 6.07) is 4.04. The minimum Gasteiger partial charge on any atom is -0.388 e. The predicted molar refractivity (Wildman–Crippen MR) is 87.8 cm³/mol. The minimum absolute atomic E-state index is 0.194. The van der Waals surface area contributed by atoms with Crippen LogP contribution < -0.4 is 5.32 Å². The summed E-state index contributed by atoms with van der Waals surface area (Å²) in [5, 5.41) is 17.5. The summed E-state index contributed by atoms with van der Waals surface area (Å²) in [6.07, 6.45) is 5.13. The molecule has 0 radical (unpaired) electrons. The third kappa shape index (κ3) is 2.91. The second-order valence-electron chi connectivity index (χ2n) is 6.57. The van der Waals surface area contributed by atoms with Gasteiger partial charge in [0.15, 0.2) is 0 Å². The second-order valence-corrected chi connectivity index (χ2v) is 6.57. The SMILES string of the molecule is Cc1ccc(C)n1-c1c(C(=O)NCC2(O)CCCC2)cnn1C. The van der Waals surface area contributed by atoms with Gasteiger partial charge in [-0.2, -0.15) is 5.10 Å². The number of hydrogen-bond donors (Lipinski definition) is 2. The van der Waals surface area contributed by atoms with Crippen molar-refractivity contribution in [1.82, 2.24) is 19.7 Å². The first-order valence-corrected chi connectivity index (χ1v) is 8.09. The molecule has 2 N–H and O–H groups in total.